The molecular weight excluding hydrogens is 372 g/mol. The zero-order valence-corrected chi connectivity index (χ0v) is 15.2. The molecule has 0 bridgehead atoms. The molecule has 0 spiro atoms. The lowest BCUT2D eigenvalue weighted by atomic mass is 10.1. The van der Waals surface area contributed by atoms with Crippen molar-refractivity contribution in [1.82, 2.24) is 0 Å². The van der Waals surface area contributed by atoms with Crippen molar-refractivity contribution in [1.29, 1.82) is 0 Å². The van der Waals surface area contributed by atoms with Gasteiger partial charge in [0.05, 0.1) is 43.1 Å². The number of amides is 1. The lowest BCUT2D eigenvalue weighted by Crippen LogP contribution is -2.16. The fourth-order valence-electron chi connectivity index (χ4n) is 2.35. The predicted octanol–water partition coefficient (Wildman–Crippen LogP) is 2.43. The number of carbonyl (C=O) groups excluding carboxylic acids is 3. The van der Waals surface area contributed by atoms with Crippen molar-refractivity contribution in [3.8, 4) is 5.75 Å². The SMILES string of the molecule is COC(=O)c1ccc(C(=O)OC)c(NC(=O)c2ccc(OC)c([N+](=O)[O-])c2)c1. The van der Waals surface area contributed by atoms with Crippen LogP contribution in [0.4, 0.5) is 11.4 Å². The molecule has 2 aromatic carbocycles. The first-order chi connectivity index (χ1) is 13.3. The Morgan fingerprint density at radius 3 is 2.14 bits per heavy atom. The smallest absolute Gasteiger partial charge is 0.339 e. The molecule has 0 radical (unpaired) electrons. The molecule has 0 heterocycles. The van der Waals surface area contributed by atoms with Gasteiger partial charge in [-0.1, -0.05) is 0 Å². The second kappa shape index (κ2) is 8.62. The molecule has 0 fully saturated rings. The zero-order valence-electron chi connectivity index (χ0n) is 15.2. The Morgan fingerprint density at radius 1 is 0.929 bits per heavy atom. The summed E-state index contributed by atoms with van der Waals surface area (Å²) in [6.45, 7) is 0. The number of nitrogens with one attached hydrogen (secondary N) is 1. The number of ether oxygens (including phenoxy) is 3. The fraction of sp³-hybridized carbons (Fsp3) is 0.167. The number of rotatable bonds is 6. The summed E-state index contributed by atoms with van der Waals surface area (Å²) < 4.78 is 14.2. The van der Waals surface area contributed by atoms with Crippen LogP contribution in [0.3, 0.4) is 0 Å². The summed E-state index contributed by atoms with van der Waals surface area (Å²) in [5.41, 5.74) is -0.380. The van der Waals surface area contributed by atoms with Crippen LogP contribution < -0.4 is 10.1 Å². The van der Waals surface area contributed by atoms with Gasteiger partial charge in [0.1, 0.15) is 0 Å². The summed E-state index contributed by atoms with van der Waals surface area (Å²) in [5, 5.41) is 13.6. The molecule has 28 heavy (non-hydrogen) atoms. The van der Waals surface area contributed by atoms with E-state index in [1.165, 1.54) is 44.6 Å². The minimum Gasteiger partial charge on any atom is -0.490 e. The first-order valence-electron chi connectivity index (χ1n) is 7.76. The summed E-state index contributed by atoms with van der Waals surface area (Å²) in [6.07, 6.45) is 0. The number of nitro groups is 1. The van der Waals surface area contributed by atoms with Crippen LogP contribution >= 0.6 is 0 Å². The molecule has 0 aliphatic carbocycles. The van der Waals surface area contributed by atoms with Gasteiger partial charge in [0.25, 0.3) is 5.91 Å². The fourth-order valence-corrected chi connectivity index (χ4v) is 2.35. The van der Waals surface area contributed by atoms with Crippen molar-refractivity contribution in [2.75, 3.05) is 26.6 Å². The molecule has 0 aromatic heterocycles. The Morgan fingerprint density at radius 2 is 1.57 bits per heavy atom. The molecule has 1 N–H and O–H groups in total. The average molecular weight is 388 g/mol. The Bertz CT molecular complexity index is 955. The molecule has 0 unspecified atom stereocenters. The number of benzene rings is 2. The van der Waals surface area contributed by atoms with E-state index in [9.17, 15) is 24.5 Å². The summed E-state index contributed by atoms with van der Waals surface area (Å²) >= 11 is 0. The van der Waals surface area contributed by atoms with E-state index in [1.54, 1.807) is 0 Å². The molecule has 146 valence electrons. The van der Waals surface area contributed by atoms with Gasteiger partial charge >= 0.3 is 17.6 Å². The Kier molecular flexibility index (Phi) is 6.27. The molecule has 0 aliphatic heterocycles. The quantitative estimate of drug-likeness (QED) is 0.453. The lowest BCUT2D eigenvalue weighted by molar-refractivity contribution is -0.385. The normalized spacial score (nSPS) is 9.96. The van der Waals surface area contributed by atoms with Gasteiger partial charge in [-0.2, -0.15) is 0 Å². The van der Waals surface area contributed by atoms with Crippen molar-refractivity contribution < 1.29 is 33.5 Å². The zero-order chi connectivity index (χ0) is 20.8. The van der Waals surface area contributed by atoms with E-state index >= 15 is 0 Å². The standard InChI is InChI=1S/C18H16N2O8/c1-26-15-7-5-10(9-14(15)20(24)25)16(21)19-13-8-11(17(22)27-2)4-6-12(13)18(23)28-3/h4-9H,1-3H3,(H,19,21). The van der Waals surface area contributed by atoms with Crippen LogP contribution in [-0.4, -0.2) is 44.1 Å². The summed E-state index contributed by atoms with van der Waals surface area (Å²) in [5.74, 6) is -2.16. The number of anilines is 1. The Balaban J connectivity index is 2.44. The van der Waals surface area contributed by atoms with Crippen LogP contribution in [0.15, 0.2) is 36.4 Å². The second-order valence-corrected chi connectivity index (χ2v) is 5.34. The summed E-state index contributed by atoms with van der Waals surface area (Å²) in [4.78, 5) is 46.7. The van der Waals surface area contributed by atoms with Crippen LogP contribution in [-0.2, 0) is 9.47 Å². The van der Waals surface area contributed by atoms with E-state index in [1.807, 2.05) is 0 Å². The van der Waals surface area contributed by atoms with Gasteiger partial charge in [-0.3, -0.25) is 14.9 Å². The third-order valence-electron chi connectivity index (χ3n) is 3.73. The highest BCUT2D eigenvalue weighted by atomic mass is 16.6. The number of carbonyl (C=O) groups is 3. The van der Waals surface area contributed by atoms with Gasteiger partial charge in [0, 0.05) is 11.6 Å². The van der Waals surface area contributed by atoms with Gasteiger partial charge < -0.3 is 19.5 Å². The first-order valence-corrected chi connectivity index (χ1v) is 7.76. The molecule has 0 atom stereocenters. The van der Waals surface area contributed by atoms with E-state index in [4.69, 9.17) is 4.74 Å². The van der Waals surface area contributed by atoms with Crippen LogP contribution in [0.5, 0.6) is 5.75 Å². The number of methoxy groups -OCH3 is 3. The van der Waals surface area contributed by atoms with Crippen molar-refractivity contribution in [3.63, 3.8) is 0 Å². The highest BCUT2D eigenvalue weighted by Gasteiger charge is 2.21. The Labute approximate surface area is 159 Å². The van der Waals surface area contributed by atoms with Gasteiger partial charge in [-0.25, -0.2) is 9.59 Å². The highest BCUT2D eigenvalue weighted by molar-refractivity contribution is 6.09. The third kappa shape index (κ3) is 4.23. The number of hydrogen-bond donors (Lipinski definition) is 1. The van der Waals surface area contributed by atoms with Crippen LogP contribution in [0.1, 0.15) is 31.1 Å². The molecule has 0 saturated heterocycles. The van der Waals surface area contributed by atoms with Crippen molar-refractivity contribution in [2.45, 2.75) is 0 Å². The van der Waals surface area contributed by atoms with Crippen molar-refractivity contribution in [3.05, 3.63) is 63.2 Å². The average Bonchev–Trinajstić information content (AvgIpc) is 2.71. The van der Waals surface area contributed by atoms with E-state index < -0.39 is 28.5 Å². The lowest BCUT2D eigenvalue weighted by Gasteiger charge is -2.12. The van der Waals surface area contributed by atoms with Gasteiger partial charge in [-0.05, 0) is 30.3 Å². The van der Waals surface area contributed by atoms with Crippen LogP contribution in [0.25, 0.3) is 0 Å². The number of esters is 2. The topological polar surface area (TPSA) is 134 Å². The molecule has 2 rings (SSSR count). The molecule has 2 aromatic rings. The molecule has 10 heteroatoms. The van der Waals surface area contributed by atoms with E-state index in [2.05, 4.69) is 14.8 Å². The minimum absolute atomic E-state index is 0.00786. The number of nitrogens with zero attached hydrogens (tertiary/aromatic N) is 1. The van der Waals surface area contributed by atoms with E-state index in [-0.39, 0.29) is 28.1 Å². The summed E-state index contributed by atoms with van der Waals surface area (Å²) in [6, 6.07) is 7.52. The van der Waals surface area contributed by atoms with Crippen molar-refractivity contribution in [2.24, 2.45) is 0 Å². The molecular formula is C18H16N2O8. The van der Waals surface area contributed by atoms with Crippen LogP contribution in [0.2, 0.25) is 0 Å². The van der Waals surface area contributed by atoms with Crippen LogP contribution in [0, 0.1) is 10.1 Å². The van der Waals surface area contributed by atoms with Gasteiger partial charge in [0.15, 0.2) is 5.75 Å². The first kappa shape index (κ1) is 20.4. The number of hydrogen-bond acceptors (Lipinski definition) is 8. The largest absolute Gasteiger partial charge is 0.490 e. The molecule has 0 saturated carbocycles. The maximum Gasteiger partial charge on any atom is 0.339 e. The monoisotopic (exact) mass is 388 g/mol. The second-order valence-electron chi connectivity index (χ2n) is 5.34. The van der Waals surface area contributed by atoms with E-state index in [0.717, 1.165) is 13.2 Å². The predicted molar refractivity (Wildman–Crippen MR) is 96.7 cm³/mol. The molecule has 1 amide bonds. The molecule has 10 nitrogen and oxygen atoms in total. The Hall–Kier alpha value is -3.95. The minimum atomic E-state index is -0.743. The highest BCUT2D eigenvalue weighted by Crippen LogP contribution is 2.28. The van der Waals surface area contributed by atoms with Gasteiger partial charge in [0.2, 0.25) is 0 Å². The maximum absolute atomic E-state index is 12.6. The summed E-state index contributed by atoms with van der Waals surface area (Å²) in [7, 11) is 3.61. The third-order valence-corrected chi connectivity index (χ3v) is 3.73. The van der Waals surface area contributed by atoms with Gasteiger partial charge in [-0.15, -0.1) is 0 Å². The molecule has 0 aliphatic rings. The number of nitro benzene ring substituents is 1. The van der Waals surface area contributed by atoms with E-state index in [0.29, 0.717) is 0 Å². The van der Waals surface area contributed by atoms with Crippen molar-refractivity contribution >= 4 is 29.2 Å². The maximum atomic E-state index is 12.6.